The number of benzene rings is 2. The van der Waals surface area contributed by atoms with Gasteiger partial charge in [0.1, 0.15) is 0 Å². The number of aliphatic hydroxyl groups is 1. The standard InChI is InChI=1S/C27H39N5O.HI/c1-28-27(30-25-11-15-31(16-12-25)20-23-5-3-2-4-6-23)29-19-22-7-9-24(10-8-22)21-32-17-13-26(33)14-18-32;/h2-10,25-26,33H,11-21H2,1H3,(H2,28,29,30);1H. The summed E-state index contributed by atoms with van der Waals surface area (Å²) in [6.45, 7) is 6.96. The Labute approximate surface area is 221 Å². The van der Waals surface area contributed by atoms with Crippen LogP contribution in [0.5, 0.6) is 0 Å². The number of nitrogens with zero attached hydrogens (tertiary/aromatic N) is 3. The van der Waals surface area contributed by atoms with Gasteiger partial charge in [-0.15, -0.1) is 24.0 Å². The van der Waals surface area contributed by atoms with Gasteiger partial charge in [0, 0.05) is 58.9 Å². The third kappa shape index (κ3) is 8.52. The normalized spacial score (nSPS) is 18.9. The Hall–Kier alpha value is -1.68. The average Bonchev–Trinajstić information content (AvgIpc) is 2.86. The van der Waals surface area contributed by atoms with E-state index in [4.69, 9.17) is 0 Å². The van der Waals surface area contributed by atoms with Crippen molar-refractivity contribution in [1.82, 2.24) is 20.4 Å². The first-order chi connectivity index (χ1) is 16.2. The molecule has 6 nitrogen and oxygen atoms in total. The minimum Gasteiger partial charge on any atom is -0.393 e. The van der Waals surface area contributed by atoms with Crippen LogP contribution < -0.4 is 10.6 Å². The fourth-order valence-corrected chi connectivity index (χ4v) is 4.75. The van der Waals surface area contributed by atoms with Crippen LogP contribution in [-0.2, 0) is 19.6 Å². The molecule has 2 aromatic carbocycles. The van der Waals surface area contributed by atoms with Gasteiger partial charge < -0.3 is 15.7 Å². The van der Waals surface area contributed by atoms with Gasteiger partial charge in [-0.3, -0.25) is 14.8 Å². The second-order valence-electron chi connectivity index (χ2n) is 9.43. The first-order valence-electron chi connectivity index (χ1n) is 12.4. The van der Waals surface area contributed by atoms with Crippen molar-refractivity contribution >= 4 is 29.9 Å². The summed E-state index contributed by atoms with van der Waals surface area (Å²) in [5.41, 5.74) is 3.98. The fourth-order valence-electron chi connectivity index (χ4n) is 4.75. The SMILES string of the molecule is CN=C(NCc1ccc(CN2CCC(O)CC2)cc1)NC1CCN(Cc2ccccc2)CC1.I. The topological polar surface area (TPSA) is 63.1 Å². The highest BCUT2D eigenvalue weighted by Crippen LogP contribution is 2.15. The molecule has 0 unspecified atom stereocenters. The number of guanidine groups is 1. The summed E-state index contributed by atoms with van der Waals surface area (Å²) >= 11 is 0. The number of likely N-dealkylation sites (tertiary alicyclic amines) is 2. The molecule has 0 atom stereocenters. The molecule has 186 valence electrons. The Balaban J connectivity index is 0.00000324. The van der Waals surface area contributed by atoms with E-state index in [1.165, 1.54) is 16.7 Å². The molecular formula is C27H40IN5O. The van der Waals surface area contributed by atoms with E-state index in [1.807, 2.05) is 7.05 Å². The van der Waals surface area contributed by atoms with Crippen LogP contribution in [0.3, 0.4) is 0 Å². The van der Waals surface area contributed by atoms with Crippen molar-refractivity contribution in [3.8, 4) is 0 Å². The third-order valence-corrected chi connectivity index (χ3v) is 6.85. The van der Waals surface area contributed by atoms with Crippen molar-refractivity contribution in [2.24, 2.45) is 4.99 Å². The quantitative estimate of drug-likeness (QED) is 0.267. The second-order valence-corrected chi connectivity index (χ2v) is 9.43. The summed E-state index contributed by atoms with van der Waals surface area (Å²) in [6, 6.07) is 20.1. The van der Waals surface area contributed by atoms with Gasteiger partial charge in [-0.2, -0.15) is 0 Å². The molecule has 7 heteroatoms. The highest BCUT2D eigenvalue weighted by molar-refractivity contribution is 14.0. The summed E-state index contributed by atoms with van der Waals surface area (Å²) in [4.78, 5) is 9.41. The number of aliphatic hydroxyl groups excluding tert-OH is 1. The Kier molecular flexibility index (Phi) is 11.1. The molecule has 2 fully saturated rings. The summed E-state index contributed by atoms with van der Waals surface area (Å²) in [5, 5.41) is 16.8. The molecule has 2 aromatic rings. The van der Waals surface area contributed by atoms with E-state index in [-0.39, 0.29) is 30.1 Å². The van der Waals surface area contributed by atoms with Crippen molar-refractivity contribution < 1.29 is 5.11 Å². The lowest BCUT2D eigenvalue weighted by atomic mass is 10.0. The van der Waals surface area contributed by atoms with Crippen molar-refractivity contribution in [3.63, 3.8) is 0 Å². The van der Waals surface area contributed by atoms with E-state index >= 15 is 0 Å². The number of halogens is 1. The number of hydrogen-bond acceptors (Lipinski definition) is 4. The molecule has 3 N–H and O–H groups in total. The summed E-state index contributed by atoms with van der Waals surface area (Å²) in [5.74, 6) is 0.882. The van der Waals surface area contributed by atoms with Crippen LogP contribution in [0.2, 0.25) is 0 Å². The lowest BCUT2D eigenvalue weighted by molar-refractivity contribution is 0.0792. The maximum absolute atomic E-state index is 9.67. The van der Waals surface area contributed by atoms with Crippen LogP contribution >= 0.6 is 24.0 Å². The smallest absolute Gasteiger partial charge is 0.191 e. The molecule has 0 bridgehead atoms. The zero-order valence-electron chi connectivity index (χ0n) is 20.3. The van der Waals surface area contributed by atoms with Crippen LogP contribution in [0.4, 0.5) is 0 Å². The zero-order valence-corrected chi connectivity index (χ0v) is 22.7. The minimum atomic E-state index is -0.112. The first-order valence-corrected chi connectivity index (χ1v) is 12.4. The molecule has 0 aromatic heterocycles. The number of nitrogens with one attached hydrogen (secondary N) is 2. The van der Waals surface area contributed by atoms with Crippen LogP contribution in [0.15, 0.2) is 59.6 Å². The first kappa shape index (κ1) is 26.9. The molecule has 0 spiro atoms. The summed E-state index contributed by atoms with van der Waals surface area (Å²) in [7, 11) is 1.85. The van der Waals surface area contributed by atoms with Crippen LogP contribution in [-0.4, -0.2) is 66.2 Å². The predicted octanol–water partition coefficient (Wildman–Crippen LogP) is 3.59. The molecule has 34 heavy (non-hydrogen) atoms. The Bertz CT molecular complexity index is 860. The van der Waals surface area contributed by atoms with E-state index in [0.717, 1.165) is 77.5 Å². The molecule has 0 amide bonds. The number of rotatable bonds is 7. The maximum atomic E-state index is 9.67. The van der Waals surface area contributed by atoms with Crippen LogP contribution in [0, 0.1) is 0 Å². The largest absolute Gasteiger partial charge is 0.393 e. The van der Waals surface area contributed by atoms with E-state index in [0.29, 0.717) is 6.04 Å². The number of piperidine rings is 2. The highest BCUT2D eigenvalue weighted by atomic mass is 127. The molecule has 0 saturated carbocycles. The minimum absolute atomic E-state index is 0. The van der Waals surface area contributed by atoms with Gasteiger partial charge in [-0.05, 0) is 42.4 Å². The van der Waals surface area contributed by atoms with Crippen molar-refractivity contribution in [2.45, 2.75) is 57.5 Å². The van der Waals surface area contributed by atoms with Gasteiger partial charge in [0.15, 0.2) is 5.96 Å². The molecule has 4 rings (SSSR count). The van der Waals surface area contributed by atoms with E-state index in [1.54, 1.807) is 0 Å². The van der Waals surface area contributed by atoms with Gasteiger partial charge in [0.05, 0.1) is 6.10 Å². The van der Waals surface area contributed by atoms with Crippen LogP contribution in [0.1, 0.15) is 42.4 Å². The van der Waals surface area contributed by atoms with Crippen LogP contribution in [0.25, 0.3) is 0 Å². The lowest BCUT2D eigenvalue weighted by Crippen LogP contribution is -2.48. The summed E-state index contributed by atoms with van der Waals surface area (Å²) < 4.78 is 0. The van der Waals surface area contributed by atoms with Crippen molar-refractivity contribution in [2.75, 3.05) is 33.2 Å². The number of aliphatic imine (C=N–C) groups is 1. The Morgan fingerprint density at radius 1 is 0.824 bits per heavy atom. The lowest BCUT2D eigenvalue weighted by Gasteiger charge is -2.33. The molecular weight excluding hydrogens is 537 g/mol. The number of hydrogen-bond donors (Lipinski definition) is 3. The van der Waals surface area contributed by atoms with E-state index < -0.39 is 0 Å². The maximum Gasteiger partial charge on any atom is 0.191 e. The highest BCUT2D eigenvalue weighted by Gasteiger charge is 2.20. The van der Waals surface area contributed by atoms with Gasteiger partial charge in [0.25, 0.3) is 0 Å². The Morgan fingerprint density at radius 3 is 1.94 bits per heavy atom. The molecule has 0 radical (unpaired) electrons. The van der Waals surface area contributed by atoms with Crippen molar-refractivity contribution in [3.05, 3.63) is 71.3 Å². The van der Waals surface area contributed by atoms with Gasteiger partial charge in [-0.25, -0.2) is 0 Å². The van der Waals surface area contributed by atoms with E-state index in [2.05, 4.69) is 80.0 Å². The zero-order chi connectivity index (χ0) is 22.9. The average molecular weight is 578 g/mol. The van der Waals surface area contributed by atoms with Gasteiger partial charge in [0.2, 0.25) is 0 Å². The van der Waals surface area contributed by atoms with Gasteiger partial charge >= 0.3 is 0 Å². The predicted molar refractivity (Wildman–Crippen MR) is 150 cm³/mol. The monoisotopic (exact) mass is 577 g/mol. The third-order valence-electron chi connectivity index (χ3n) is 6.85. The molecule has 0 aliphatic carbocycles. The summed E-state index contributed by atoms with van der Waals surface area (Å²) in [6.07, 6.45) is 3.94. The second kappa shape index (κ2) is 14.0. The molecule has 2 aliphatic rings. The molecule has 2 aliphatic heterocycles. The molecule has 2 heterocycles. The molecule has 2 saturated heterocycles. The van der Waals surface area contributed by atoms with E-state index in [9.17, 15) is 5.11 Å². The fraction of sp³-hybridized carbons (Fsp3) is 0.519. The van der Waals surface area contributed by atoms with Crippen molar-refractivity contribution in [1.29, 1.82) is 0 Å². The van der Waals surface area contributed by atoms with Gasteiger partial charge in [-0.1, -0.05) is 54.6 Å². The Morgan fingerprint density at radius 2 is 1.35 bits per heavy atom.